The Kier molecular flexibility index (Phi) is 5.27. The Balaban J connectivity index is 2.89. The van der Waals surface area contributed by atoms with Gasteiger partial charge in [0.15, 0.2) is 0 Å². The molecule has 0 unspecified atom stereocenters. The maximum absolute atomic E-state index is 5.49. The van der Waals surface area contributed by atoms with Crippen molar-refractivity contribution in [1.82, 2.24) is 0 Å². The zero-order valence-corrected chi connectivity index (χ0v) is 10.1. The lowest BCUT2D eigenvalue weighted by atomic mass is 10.0. The molecule has 0 bridgehead atoms. The zero-order valence-electron chi connectivity index (χ0n) is 9.39. The van der Waals surface area contributed by atoms with Gasteiger partial charge in [0.2, 0.25) is 0 Å². The average Bonchev–Trinajstić information content (AvgIpc) is 2.29. The van der Waals surface area contributed by atoms with E-state index in [2.05, 4.69) is 37.4 Å². The van der Waals surface area contributed by atoms with E-state index >= 15 is 0 Å². The summed E-state index contributed by atoms with van der Waals surface area (Å²) in [5.74, 6) is 0. The van der Waals surface area contributed by atoms with Crippen LogP contribution in [0.25, 0.3) is 0 Å². The summed E-state index contributed by atoms with van der Waals surface area (Å²) >= 11 is 5.49. The maximum atomic E-state index is 5.49. The van der Waals surface area contributed by atoms with Gasteiger partial charge in [0.25, 0.3) is 0 Å². The number of hydrogen-bond donors (Lipinski definition) is 1. The largest absolute Gasteiger partial charge is 0.381 e. The van der Waals surface area contributed by atoms with Crippen LogP contribution in [0.15, 0.2) is 29.8 Å². The van der Waals surface area contributed by atoms with Gasteiger partial charge in [0.05, 0.1) is 0 Å². The van der Waals surface area contributed by atoms with E-state index in [1.165, 1.54) is 16.8 Å². The number of aryl methyl sites for hydroxylation is 2. The molecule has 15 heavy (non-hydrogen) atoms. The van der Waals surface area contributed by atoms with Crippen LogP contribution < -0.4 is 5.32 Å². The van der Waals surface area contributed by atoms with E-state index in [0.717, 1.165) is 19.4 Å². The molecule has 1 N–H and O–H groups in total. The Labute approximate surface area is 97.1 Å². The molecule has 0 aromatic heterocycles. The van der Waals surface area contributed by atoms with Crippen molar-refractivity contribution in [3.63, 3.8) is 0 Å². The molecule has 0 saturated heterocycles. The van der Waals surface area contributed by atoms with Crippen LogP contribution in [0, 0.1) is 0 Å². The lowest BCUT2D eigenvalue weighted by Gasteiger charge is -2.13. The van der Waals surface area contributed by atoms with Gasteiger partial charge in [-0.25, -0.2) is 0 Å². The molecular formula is C13H18ClN. The van der Waals surface area contributed by atoms with Gasteiger partial charge < -0.3 is 5.32 Å². The third-order valence-electron chi connectivity index (χ3n) is 2.48. The second-order valence-corrected chi connectivity index (χ2v) is 3.65. The minimum Gasteiger partial charge on any atom is -0.381 e. The summed E-state index contributed by atoms with van der Waals surface area (Å²) in [5, 5.41) is 3.41. The average molecular weight is 224 g/mol. The summed E-state index contributed by atoms with van der Waals surface area (Å²) in [6, 6.07) is 6.47. The van der Waals surface area contributed by atoms with Crippen LogP contribution in [-0.4, -0.2) is 6.54 Å². The molecule has 1 rings (SSSR count). The molecule has 0 spiro atoms. The molecule has 0 heterocycles. The van der Waals surface area contributed by atoms with E-state index in [9.17, 15) is 0 Å². The molecule has 0 amide bonds. The van der Waals surface area contributed by atoms with Crippen LogP contribution in [0.1, 0.15) is 25.0 Å². The number of nitrogens with one attached hydrogen (secondary N) is 1. The first-order valence-electron chi connectivity index (χ1n) is 5.43. The predicted molar refractivity (Wildman–Crippen MR) is 68.7 cm³/mol. The van der Waals surface area contributed by atoms with Gasteiger partial charge in [-0.15, -0.1) is 0 Å². The first-order valence-corrected chi connectivity index (χ1v) is 5.87. The monoisotopic (exact) mass is 223 g/mol. The second-order valence-electron chi connectivity index (χ2n) is 3.40. The summed E-state index contributed by atoms with van der Waals surface area (Å²) in [7, 11) is 0. The number of hydrogen-bond acceptors (Lipinski definition) is 1. The highest BCUT2D eigenvalue weighted by Crippen LogP contribution is 2.22. The number of halogens is 1. The van der Waals surface area contributed by atoms with Crippen LogP contribution >= 0.6 is 11.6 Å². The molecule has 1 nitrogen and oxygen atoms in total. The van der Waals surface area contributed by atoms with Crippen molar-refractivity contribution in [3.8, 4) is 0 Å². The Bertz CT molecular complexity index is 309. The van der Waals surface area contributed by atoms with Crippen molar-refractivity contribution in [2.24, 2.45) is 0 Å². The smallest absolute Gasteiger partial charge is 0.0407 e. The molecule has 2 heteroatoms. The first kappa shape index (κ1) is 12.1. The van der Waals surface area contributed by atoms with Crippen LogP contribution in [0.2, 0.25) is 0 Å². The van der Waals surface area contributed by atoms with Crippen LogP contribution in [0.3, 0.4) is 0 Å². The molecular weight excluding hydrogens is 206 g/mol. The summed E-state index contributed by atoms with van der Waals surface area (Å²) in [5.41, 5.74) is 5.57. The normalized spacial score (nSPS) is 10.9. The molecule has 0 aliphatic carbocycles. The quantitative estimate of drug-likeness (QED) is 0.797. The fourth-order valence-electron chi connectivity index (χ4n) is 1.68. The van der Waals surface area contributed by atoms with E-state index in [1.54, 1.807) is 5.54 Å². The summed E-state index contributed by atoms with van der Waals surface area (Å²) in [6.45, 7) is 5.14. The van der Waals surface area contributed by atoms with Crippen molar-refractivity contribution in [2.45, 2.75) is 26.7 Å². The maximum Gasteiger partial charge on any atom is 0.0407 e. The fourth-order valence-corrected chi connectivity index (χ4v) is 1.76. The summed E-state index contributed by atoms with van der Waals surface area (Å²) < 4.78 is 0. The Morgan fingerprint density at radius 3 is 2.27 bits per heavy atom. The first-order chi connectivity index (χ1) is 7.33. The van der Waals surface area contributed by atoms with Gasteiger partial charge in [0.1, 0.15) is 0 Å². The van der Waals surface area contributed by atoms with Gasteiger partial charge in [-0.05, 0) is 24.0 Å². The molecule has 1 aromatic carbocycles. The molecule has 0 saturated carbocycles. The SMILES string of the molecule is CCc1cccc(CC)c1NC/C=C/Cl. The molecule has 0 fully saturated rings. The lowest BCUT2D eigenvalue weighted by molar-refractivity contribution is 1.08. The highest BCUT2D eigenvalue weighted by Gasteiger charge is 2.03. The fraction of sp³-hybridized carbons (Fsp3) is 0.385. The van der Waals surface area contributed by atoms with Gasteiger partial charge in [-0.1, -0.05) is 49.7 Å². The Morgan fingerprint density at radius 2 is 1.80 bits per heavy atom. The minimum absolute atomic E-state index is 0.785. The van der Waals surface area contributed by atoms with E-state index in [0.29, 0.717) is 0 Å². The highest BCUT2D eigenvalue weighted by molar-refractivity contribution is 6.25. The van der Waals surface area contributed by atoms with Crippen LogP contribution in [0.5, 0.6) is 0 Å². The summed E-state index contributed by atoms with van der Waals surface area (Å²) in [4.78, 5) is 0. The van der Waals surface area contributed by atoms with E-state index in [-0.39, 0.29) is 0 Å². The van der Waals surface area contributed by atoms with Crippen molar-refractivity contribution in [2.75, 3.05) is 11.9 Å². The van der Waals surface area contributed by atoms with Crippen molar-refractivity contribution >= 4 is 17.3 Å². The minimum atomic E-state index is 0.785. The van der Waals surface area contributed by atoms with E-state index in [1.807, 2.05) is 6.08 Å². The summed E-state index contributed by atoms with van der Waals surface area (Å²) in [6.07, 6.45) is 4.02. The molecule has 0 aliphatic heterocycles. The van der Waals surface area contributed by atoms with Crippen molar-refractivity contribution in [3.05, 3.63) is 40.9 Å². The molecule has 82 valence electrons. The zero-order chi connectivity index (χ0) is 11.1. The number of para-hydroxylation sites is 1. The second kappa shape index (κ2) is 6.52. The Morgan fingerprint density at radius 1 is 1.20 bits per heavy atom. The molecule has 0 radical (unpaired) electrons. The van der Waals surface area contributed by atoms with Gasteiger partial charge in [-0.3, -0.25) is 0 Å². The standard InChI is InChI=1S/C13H18ClN/c1-3-11-7-5-8-12(4-2)13(11)15-10-6-9-14/h5-9,15H,3-4,10H2,1-2H3/b9-6+. The number of benzene rings is 1. The third-order valence-corrected chi connectivity index (χ3v) is 2.66. The van der Waals surface area contributed by atoms with E-state index in [4.69, 9.17) is 11.6 Å². The van der Waals surface area contributed by atoms with Gasteiger partial charge in [-0.2, -0.15) is 0 Å². The highest BCUT2D eigenvalue weighted by atomic mass is 35.5. The van der Waals surface area contributed by atoms with E-state index < -0.39 is 0 Å². The number of rotatable bonds is 5. The van der Waals surface area contributed by atoms with Gasteiger partial charge >= 0.3 is 0 Å². The van der Waals surface area contributed by atoms with Crippen LogP contribution in [0.4, 0.5) is 5.69 Å². The topological polar surface area (TPSA) is 12.0 Å². The van der Waals surface area contributed by atoms with Gasteiger partial charge in [0, 0.05) is 17.8 Å². The number of anilines is 1. The van der Waals surface area contributed by atoms with Crippen molar-refractivity contribution < 1.29 is 0 Å². The third kappa shape index (κ3) is 3.28. The van der Waals surface area contributed by atoms with Crippen molar-refractivity contribution in [1.29, 1.82) is 0 Å². The molecule has 0 aliphatic rings. The Hall–Kier alpha value is -0.950. The predicted octanol–water partition coefficient (Wildman–Crippen LogP) is 3.98. The van der Waals surface area contributed by atoms with Crippen LogP contribution in [-0.2, 0) is 12.8 Å². The molecule has 1 aromatic rings. The lowest BCUT2D eigenvalue weighted by Crippen LogP contribution is -2.04. The molecule has 0 atom stereocenters.